The van der Waals surface area contributed by atoms with Crippen molar-refractivity contribution in [3.8, 4) is 17.4 Å². The summed E-state index contributed by atoms with van der Waals surface area (Å²) in [6, 6.07) is 5.47. The fraction of sp³-hybridized carbons (Fsp3) is 0.500. The molecule has 1 fully saturated rings. The van der Waals surface area contributed by atoms with Gasteiger partial charge >= 0.3 is 0 Å². The quantitative estimate of drug-likeness (QED) is 0.769. The number of carbonyl (C=O) groups is 1. The van der Waals surface area contributed by atoms with Crippen LogP contribution < -0.4 is 24.4 Å². The van der Waals surface area contributed by atoms with Crippen LogP contribution in [0.4, 0.5) is 5.82 Å². The van der Waals surface area contributed by atoms with E-state index in [-0.39, 0.29) is 18.6 Å². The maximum Gasteiger partial charge on any atom is 0.271 e. The second-order valence-corrected chi connectivity index (χ2v) is 7.00. The molecule has 0 bridgehead atoms. The summed E-state index contributed by atoms with van der Waals surface area (Å²) >= 11 is 1.07. The van der Waals surface area contributed by atoms with E-state index in [1.54, 1.807) is 0 Å². The second-order valence-electron chi connectivity index (χ2n) is 6.47. The number of amides is 1. The zero-order chi connectivity index (χ0) is 19.3. The van der Waals surface area contributed by atoms with E-state index in [4.69, 9.17) is 18.9 Å². The lowest BCUT2D eigenvalue weighted by atomic mass is 10.1. The highest BCUT2D eigenvalue weighted by molar-refractivity contribution is 6.99. The van der Waals surface area contributed by atoms with Gasteiger partial charge in [-0.1, -0.05) is 6.07 Å². The Morgan fingerprint density at radius 3 is 2.82 bits per heavy atom. The van der Waals surface area contributed by atoms with Gasteiger partial charge in [0.25, 0.3) is 11.8 Å². The first-order chi connectivity index (χ1) is 13.7. The van der Waals surface area contributed by atoms with Crippen LogP contribution in [-0.2, 0) is 9.53 Å². The van der Waals surface area contributed by atoms with Gasteiger partial charge in [-0.3, -0.25) is 4.79 Å². The molecule has 0 unspecified atom stereocenters. The third-order valence-electron chi connectivity index (χ3n) is 4.54. The smallest absolute Gasteiger partial charge is 0.271 e. The van der Waals surface area contributed by atoms with Crippen molar-refractivity contribution in [3.63, 3.8) is 0 Å². The molecule has 0 aliphatic carbocycles. The second kappa shape index (κ2) is 8.61. The number of hydrogen-bond acceptors (Lipinski definition) is 9. The predicted octanol–water partition coefficient (Wildman–Crippen LogP) is 1.40. The SMILES string of the molecule is C[C@H](NC(=O)COc1nsnc1N1CCOCC1)c1ccc2c(c1)OCCO2. The fourth-order valence-corrected chi connectivity index (χ4v) is 3.58. The number of anilines is 1. The van der Waals surface area contributed by atoms with Gasteiger partial charge in [-0.2, -0.15) is 4.37 Å². The highest BCUT2D eigenvalue weighted by atomic mass is 32.1. The van der Waals surface area contributed by atoms with Crippen LogP contribution in [0.5, 0.6) is 17.4 Å². The average molecular weight is 406 g/mol. The van der Waals surface area contributed by atoms with E-state index in [0.717, 1.165) is 36.1 Å². The maximum absolute atomic E-state index is 12.3. The van der Waals surface area contributed by atoms with Gasteiger partial charge in [-0.05, 0) is 24.6 Å². The fourth-order valence-electron chi connectivity index (χ4n) is 3.06. The van der Waals surface area contributed by atoms with Crippen molar-refractivity contribution in [2.75, 3.05) is 51.0 Å². The van der Waals surface area contributed by atoms with Crippen molar-refractivity contribution in [3.05, 3.63) is 23.8 Å². The first-order valence-corrected chi connectivity index (χ1v) is 9.90. The van der Waals surface area contributed by atoms with E-state index in [1.165, 1.54) is 0 Å². The number of rotatable bonds is 6. The van der Waals surface area contributed by atoms with E-state index >= 15 is 0 Å². The van der Waals surface area contributed by atoms with Crippen molar-refractivity contribution in [1.82, 2.24) is 14.1 Å². The first kappa shape index (κ1) is 18.8. The Hall–Kier alpha value is -2.59. The van der Waals surface area contributed by atoms with Crippen LogP contribution in [0.1, 0.15) is 18.5 Å². The summed E-state index contributed by atoms with van der Waals surface area (Å²) in [6.45, 7) is 5.61. The van der Waals surface area contributed by atoms with Crippen LogP contribution in [0, 0.1) is 0 Å². The van der Waals surface area contributed by atoms with Crippen molar-refractivity contribution in [1.29, 1.82) is 0 Å². The van der Waals surface area contributed by atoms with Crippen molar-refractivity contribution in [2.24, 2.45) is 0 Å². The van der Waals surface area contributed by atoms with Crippen molar-refractivity contribution in [2.45, 2.75) is 13.0 Å². The number of nitrogens with zero attached hydrogens (tertiary/aromatic N) is 3. The number of benzene rings is 1. The topological polar surface area (TPSA) is 95.0 Å². The van der Waals surface area contributed by atoms with Gasteiger partial charge < -0.3 is 29.2 Å². The van der Waals surface area contributed by atoms with E-state index in [2.05, 4.69) is 19.0 Å². The standard InChI is InChI=1S/C18H22N4O5S/c1-12(13-2-3-14-15(10-13)26-9-8-25-14)19-16(23)11-27-18-17(20-28-21-18)22-4-6-24-7-5-22/h2-3,10,12H,4-9,11H2,1H3,(H,19,23)/t12-/m0/s1. The summed E-state index contributed by atoms with van der Waals surface area (Å²) in [5.74, 6) is 2.24. The number of aromatic nitrogens is 2. The highest BCUT2D eigenvalue weighted by Crippen LogP contribution is 2.32. The zero-order valence-corrected chi connectivity index (χ0v) is 16.4. The lowest BCUT2D eigenvalue weighted by Gasteiger charge is -2.26. The van der Waals surface area contributed by atoms with Gasteiger partial charge in [-0.15, -0.1) is 4.37 Å². The van der Waals surface area contributed by atoms with Crippen LogP contribution in [0.2, 0.25) is 0 Å². The summed E-state index contributed by atoms with van der Waals surface area (Å²) in [5, 5.41) is 2.93. The average Bonchev–Trinajstić information content (AvgIpc) is 3.21. The Bertz CT molecular complexity index is 824. The molecule has 1 amide bonds. The van der Waals surface area contributed by atoms with Crippen LogP contribution in [-0.4, -0.2) is 60.8 Å². The molecule has 2 aliphatic rings. The molecule has 4 rings (SSSR count). The van der Waals surface area contributed by atoms with Crippen LogP contribution in [0.3, 0.4) is 0 Å². The molecule has 1 N–H and O–H groups in total. The van der Waals surface area contributed by atoms with Crippen molar-refractivity contribution < 1.29 is 23.7 Å². The summed E-state index contributed by atoms with van der Waals surface area (Å²) in [4.78, 5) is 14.4. The Labute approximate surface area is 166 Å². The molecule has 0 radical (unpaired) electrons. The Balaban J connectivity index is 1.32. The normalized spacial score (nSPS) is 17.1. The molecule has 1 atom stereocenters. The van der Waals surface area contributed by atoms with E-state index < -0.39 is 0 Å². The highest BCUT2D eigenvalue weighted by Gasteiger charge is 2.21. The largest absolute Gasteiger partial charge is 0.486 e. The third kappa shape index (κ3) is 4.28. The molecule has 150 valence electrons. The van der Waals surface area contributed by atoms with Gasteiger partial charge in [0.05, 0.1) is 31.0 Å². The lowest BCUT2D eigenvalue weighted by Crippen LogP contribution is -2.37. The van der Waals surface area contributed by atoms with Crippen LogP contribution >= 0.6 is 11.7 Å². The molecule has 1 aromatic carbocycles. The Morgan fingerprint density at radius 2 is 2.00 bits per heavy atom. The molecule has 2 aliphatic heterocycles. The van der Waals surface area contributed by atoms with E-state index in [0.29, 0.717) is 43.9 Å². The molecule has 2 aromatic rings. The lowest BCUT2D eigenvalue weighted by molar-refractivity contribution is -0.123. The number of fused-ring (bicyclic) bond motifs is 1. The minimum atomic E-state index is -0.233. The maximum atomic E-state index is 12.3. The van der Waals surface area contributed by atoms with Gasteiger partial charge in [0.1, 0.15) is 13.2 Å². The van der Waals surface area contributed by atoms with Gasteiger partial charge in [0.2, 0.25) is 5.82 Å². The number of nitrogens with one attached hydrogen (secondary N) is 1. The van der Waals surface area contributed by atoms with Crippen LogP contribution in [0.15, 0.2) is 18.2 Å². The molecule has 1 aromatic heterocycles. The minimum absolute atomic E-state index is 0.127. The number of hydrogen-bond donors (Lipinski definition) is 1. The molecule has 1 saturated heterocycles. The first-order valence-electron chi connectivity index (χ1n) is 9.17. The minimum Gasteiger partial charge on any atom is -0.486 e. The molecule has 28 heavy (non-hydrogen) atoms. The number of carbonyl (C=O) groups excluding carboxylic acids is 1. The molecule has 0 spiro atoms. The number of ether oxygens (including phenoxy) is 4. The number of morpholine rings is 1. The zero-order valence-electron chi connectivity index (χ0n) is 15.6. The van der Waals surface area contributed by atoms with Crippen LogP contribution in [0.25, 0.3) is 0 Å². The molecular weight excluding hydrogens is 384 g/mol. The Kier molecular flexibility index (Phi) is 5.77. The van der Waals surface area contributed by atoms with Gasteiger partial charge in [0.15, 0.2) is 18.1 Å². The summed E-state index contributed by atoms with van der Waals surface area (Å²) < 4.78 is 30.5. The molecule has 3 heterocycles. The van der Waals surface area contributed by atoms with E-state index in [9.17, 15) is 4.79 Å². The van der Waals surface area contributed by atoms with Gasteiger partial charge in [0, 0.05) is 13.1 Å². The van der Waals surface area contributed by atoms with Crippen molar-refractivity contribution >= 4 is 23.5 Å². The Morgan fingerprint density at radius 1 is 1.21 bits per heavy atom. The predicted molar refractivity (Wildman–Crippen MR) is 102 cm³/mol. The molecule has 10 heteroatoms. The van der Waals surface area contributed by atoms with E-state index in [1.807, 2.05) is 25.1 Å². The summed E-state index contributed by atoms with van der Waals surface area (Å²) in [7, 11) is 0. The monoisotopic (exact) mass is 406 g/mol. The molecule has 9 nitrogen and oxygen atoms in total. The molecular formula is C18H22N4O5S. The third-order valence-corrected chi connectivity index (χ3v) is 5.04. The summed E-state index contributed by atoms with van der Waals surface area (Å²) in [6.07, 6.45) is 0. The summed E-state index contributed by atoms with van der Waals surface area (Å²) in [5.41, 5.74) is 0.932. The molecule has 0 saturated carbocycles. The van der Waals surface area contributed by atoms with Gasteiger partial charge in [-0.25, -0.2) is 0 Å².